The summed E-state index contributed by atoms with van der Waals surface area (Å²) in [5, 5.41) is 1.82. The van der Waals surface area contributed by atoms with Gasteiger partial charge in [0.2, 0.25) is 0 Å². The molecule has 2 heterocycles. The van der Waals surface area contributed by atoms with Crippen LogP contribution in [0.1, 0.15) is 42.6 Å². The number of ether oxygens (including phenoxy) is 1. The number of hydrogen-bond donors (Lipinski definition) is 1. The van der Waals surface area contributed by atoms with Gasteiger partial charge in [0.15, 0.2) is 0 Å². The first-order chi connectivity index (χ1) is 12.0. The number of primary amides is 1. The summed E-state index contributed by atoms with van der Waals surface area (Å²) in [6.45, 7) is 5.99. The molecule has 1 aromatic carbocycles. The maximum absolute atomic E-state index is 11.8. The van der Waals surface area contributed by atoms with Gasteiger partial charge in [-0.2, -0.15) is 0 Å². The number of nitrogens with two attached hydrogens (primary N) is 1. The van der Waals surface area contributed by atoms with Crippen molar-refractivity contribution in [1.29, 1.82) is 0 Å². The molecule has 0 unspecified atom stereocenters. The van der Waals surface area contributed by atoms with E-state index >= 15 is 0 Å². The zero-order valence-corrected chi connectivity index (χ0v) is 14.9. The molecule has 1 aliphatic heterocycles. The van der Waals surface area contributed by atoms with Crippen molar-refractivity contribution in [1.82, 2.24) is 4.98 Å². The summed E-state index contributed by atoms with van der Waals surface area (Å²) in [6, 6.07) is 3.63. The number of fused-ring (bicyclic) bond motifs is 1. The Hall–Kier alpha value is -2.74. The number of rotatable bonds is 3. The van der Waals surface area contributed by atoms with Crippen molar-refractivity contribution in [3.63, 3.8) is 0 Å². The van der Waals surface area contributed by atoms with Crippen molar-refractivity contribution in [2.24, 2.45) is 11.7 Å². The molecule has 1 fully saturated rings. The molecule has 2 N–H and O–H groups in total. The number of amides is 1. The van der Waals surface area contributed by atoms with Crippen LogP contribution in [-0.4, -0.2) is 31.1 Å². The first-order valence-corrected chi connectivity index (χ1v) is 8.53. The quantitative estimate of drug-likeness (QED) is 0.874. The van der Waals surface area contributed by atoms with Gasteiger partial charge >= 0.3 is 0 Å². The van der Waals surface area contributed by atoms with Crippen molar-refractivity contribution in [3.05, 3.63) is 29.5 Å². The third kappa shape index (κ3) is 3.25. The molecule has 130 valence electrons. The van der Waals surface area contributed by atoms with Gasteiger partial charge < -0.3 is 15.4 Å². The van der Waals surface area contributed by atoms with Crippen LogP contribution in [0, 0.1) is 17.8 Å². The summed E-state index contributed by atoms with van der Waals surface area (Å²) in [6.07, 6.45) is 4.17. The molecule has 0 bridgehead atoms. The molecule has 0 saturated carbocycles. The first kappa shape index (κ1) is 17.1. The molecule has 2 aromatic rings. The second-order valence-corrected chi connectivity index (χ2v) is 6.53. The number of hydrogen-bond acceptors (Lipinski definition) is 4. The van der Waals surface area contributed by atoms with E-state index in [0.29, 0.717) is 17.2 Å². The van der Waals surface area contributed by atoms with Crippen LogP contribution >= 0.6 is 0 Å². The van der Waals surface area contributed by atoms with Gasteiger partial charge in [0.25, 0.3) is 5.91 Å². The lowest BCUT2D eigenvalue weighted by molar-refractivity contribution is 0.0997. The third-order valence-electron chi connectivity index (χ3n) is 4.67. The first-order valence-electron chi connectivity index (χ1n) is 8.53. The van der Waals surface area contributed by atoms with E-state index in [1.807, 2.05) is 6.07 Å². The topological polar surface area (TPSA) is 68.5 Å². The predicted molar refractivity (Wildman–Crippen MR) is 100.0 cm³/mol. The highest BCUT2D eigenvalue weighted by molar-refractivity contribution is 6.05. The van der Waals surface area contributed by atoms with E-state index in [1.165, 1.54) is 6.42 Å². The van der Waals surface area contributed by atoms with Gasteiger partial charge in [0.05, 0.1) is 18.2 Å². The molecule has 1 atom stereocenters. The summed E-state index contributed by atoms with van der Waals surface area (Å²) in [7, 11) is 1.54. The highest BCUT2D eigenvalue weighted by atomic mass is 16.5. The number of aromatic nitrogens is 1. The third-order valence-corrected chi connectivity index (χ3v) is 4.67. The Balaban J connectivity index is 2.26. The zero-order chi connectivity index (χ0) is 18.0. The molecule has 1 aliphatic rings. The van der Waals surface area contributed by atoms with Crippen LogP contribution in [-0.2, 0) is 0 Å². The largest absolute Gasteiger partial charge is 0.496 e. The van der Waals surface area contributed by atoms with E-state index in [4.69, 9.17) is 10.5 Å². The number of pyridine rings is 1. The number of benzene rings is 1. The molecule has 25 heavy (non-hydrogen) atoms. The zero-order valence-electron chi connectivity index (χ0n) is 14.9. The molecule has 5 nitrogen and oxygen atoms in total. The highest BCUT2D eigenvalue weighted by Crippen LogP contribution is 2.34. The minimum atomic E-state index is -0.515. The van der Waals surface area contributed by atoms with Gasteiger partial charge in [-0.1, -0.05) is 12.8 Å². The second kappa shape index (κ2) is 7.02. The van der Waals surface area contributed by atoms with E-state index in [2.05, 4.69) is 28.6 Å². The lowest BCUT2D eigenvalue weighted by Gasteiger charge is -2.32. The summed E-state index contributed by atoms with van der Waals surface area (Å²) >= 11 is 0. The van der Waals surface area contributed by atoms with E-state index in [1.54, 1.807) is 26.3 Å². The minimum Gasteiger partial charge on any atom is -0.496 e. The van der Waals surface area contributed by atoms with Gasteiger partial charge in [-0.15, -0.1) is 5.92 Å². The molecule has 1 aromatic heterocycles. The van der Waals surface area contributed by atoms with Crippen molar-refractivity contribution < 1.29 is 9.53 Å². The Kier molecular flexibility index (Phi) is 4.80. The molecular formula is C20H23N3O2. The van der Waals surface area contributed by atoms with Crippen LogP contribution < -0.4 is 15.4 Å². The molecule has 1 saturated heterocycles. The van der Waals surface area contributed by atoms with Gasteiger partial charge in [0.1, 0.15) is 11.6 Å². The van der Waals surface area contributed by atoms with Gasteiger partial charge in [-0.05, 0) is 37.8 Å². The predicted octanol–water partition coefficient (Wildman–Crippen LogP) is 2.95. The Morgan fingerprint density at radius 1 is 1.40 bits per heavy atom. The van der Waals surface area contributed by atoms with Crippen molar-refractivity contribution in [2.45, 2.75) is 26.7 Å². The van der Waals surface area contributed by atoms with Gasteiger partial charge in [-0.25, -0.2) is 4.98 Å². The number of nitrogens with zero attached hydrogens (tertiary/aromatic N) is 2. The number of carbonyl (C=O) groups is 1. The Morgan fingerprint density at radius 3 is 2.84 bits per heavy atom. The van der Waals surface area contributed by atoms with E-state index in [-0.39, 0.29) is 0 Å². The maximum Gasteiger partial charge on any atom is 0.252 e. The number of methoxy groups -OCH3 is 1. The minimum absolute atomic E-state index is 0.360. The summed E-state index contributed by atoms with van der Waals surface area (Å²) in [4.78, 5) is 18.8. The van der Waals surface area contributed by atoms with Crippen LogP contribution in [0.5, 0.6) is 5.75 Å². The fourth-order valence-corrected chi connectivity index (χ4v) is 3.48. The lowest BCUT2D eigenvalue weighted by atomic mass is 9.98. The van der Waals surface area contributed by atoms with Gasteiger partial charge in [-0.3, -0.25) is 4.79 Å². The fourth-order valence-electron chi connectivity index (χ4n) is 3.48. The maximum atomic E-state index is 11.8. The Labute approximate surface area is 148 Å². The van der Waals surface area contributed by atoms with Crippen LogP contribution in [0.2, 0.25) is 0 Å². The van der Waals surface area contributed by atoms with E-state index in [0.717, 1.165) is 41.7 Å². The Bertz CT molecular complexity index is 880. The molecular weight excluding hydrogens is 314 g/mol. The summed E-state index contributed by atoms with van der Waals surface area (Å²) in [5.41, 5.74) is 6.67. The molecule has 0 aliphatic carbocycles. The van der Waals surface area contributed by atoms with Crippen LogP contribution in [0.15, 0.2) is 18.3 Å². The van der Waals surface area contributed by atoms with E-state index in [9.17, 15) is 4.79 Å². The monoisotopic (exact) mass is 337 g/mol. The highest BCUT2D eigenvalue weighted by Gasteiger charge is 2.22. The van der Waals surface area contributed by atoms with Crippen molar-refractivity contribution in [2.75, 3.05) is 25.1 Å². The molecule has 5 heteroatoms. The molecule has 0 radical (unpaired) electrons. The SMILES string of the molecule is CC#Cc1cnc(N2CCC[C@H](C)C2)c2cc(OC)c(C(N)=O)cc12. The molecule has 1 amide bonds. The summed E-state index contributed by atoms with van der Waals surface area (Å²) < 4.78 is 5.39. The lowest BCUT2D eigenvalue weighted by Crippen LogP contribution is -2.35. The fraction of sp³-hybridized carbons (Fsp3) is 0.400. The average Bonchev–Trinajstić information content (AvgIpc) is 2.61. The van der Waals surface area contributed by atoms with Crippen LogP contribution in [0.25, 0.3) is 10.8 Å². The number of anilines is 1. The van der Waals surface area contributed by atoms with Crippen molar-refractivity contribution in [3.8, 4) is 17.6 Å². The van der Waals surface area contributed by atoms with Crippen LogP contribution in [0.3, 0.4) is 0 Å². The van der Waals surface area contributed by atoms with E-state index < -0.39 is 5.91 Å². The van der Waals surface area contributed by atoms with Gasteiger partial charge in [0, 0.05) is 30.1 Å². The van der Waals surface area contributed by atoms with Crippen LogP contribution in [0.4, 0.5) is 5.82 Å². The van der Waals surface area contributed by atoms with Crippen molar-refractivity contribution >= 4 is 22.5 Å². The smallest absolute Gasteiger partial charge is 0.252 e. The number of piperidine rings is 1. The molecule has 0 spiro atoms. The summed E-state index contributed by atoms with van der Waals surface area (Å²) in [5.74, 6) is 7.48. The molecule has 3 rings (SSSR count). The number of carbonyl (C=O) groups excluding carboxylic acids is 1. The standard InChI is InChI=1S/C20H23N3O2/c1-4-6-14-11-22-20(23-8-5-7-13(2)12-23)16-10-18(25-3)17(19(21)24)9-15(14)16/h9-11,13H,5,7-8,12H2,1-3H3,(H2,21,24)/t13-/m0/s1. The second-order valence-electron chi connectivity index (χ2n) is 6.53. The Morgan fingerprint density at radius 2 is 2.20 bits per heavy atom. The normalized spacial score (nSPS) is 17.1. The average molecular weight is 337 g/mol.